The third-order valence-corrected chi connectivity index (χ3v) is 25.9. The van der Waals surface area contributed by atoms with Gasteiger partial charge in [-0.15, -0.1) is 0 Å². The van der Waals surface area contributed by atoms with Crippen LogP contribution in [-0.2, 0) is 51.8 Å². The van der Waals surface area contributed by atoms with Crippen LogP contribution in [0.3, 0.4) is 0 Å². The topological polar surface area (TPSA) is 210 Å². The molecule has 19 rings (SSSR count). The van der Waals surface area contributed by atoms with Gasteiger partial charge in [0.05, 0.1) is 21.8 Å². The molecule has 19 nitrogen and oxygen atoms in total. The van der Waals surface area contributed by atoms with Gasteiger partial charge in [-0.05, 0) is 242 Å². The van der Waals surface area contributed by atoms with E-state index in [1.807, 2.05) is 95.9 Å². The number of para-hydroxylation sites is 2. The van der Waals surface area contributed by atoms with Crippen LogP contribution < -0.4 is 33.1 Å². The number of nitrogens with zero attached hydrogens (tertiary/aromatic N) is 7. The van der Waals surface area contributed by atoms with E-state index in [0.717, 1.165) is 159 Å². The minimum absolute atomic E-state index is 0.127. The second kappa shape index (κ2) is 50.3. The van der Waals surface area contributed by atoms with Crippen molar-refractivity contribution in [1.82, 2.24) is 54.2 Å². The van der Waals surface area contributed by atoms with Crippen LogP contribution in [0.25, 0.3) is 38.5 Å². The number of benzene rings is 10. The zero-order valence-corrected chi connectivity index (χ0v) is 76.4. The van der Waals surface area contributed by atoms with Gasteiger partial charge in [-0.2, -0.15) is 21.6 Å². The number of ketones is 1. The van der Waals surface area contributed by atoms with Crippen LogP contribution in [0.4, 0.5) is 35.1 Å². The first-order valence-corrected chi connectivity index (χ1v) is 47.5. The summed E-state index contributed by atoms with van der Waals surface area (Å²) in [4.78, 5) is 77.5. The molecule has 10 aromatic carbocycles. The summed E-state index contributed by atoms with van der Waals surface area (Å²) in [5.41, 5.74) is 7.91. The first-order valence-electron chi connectivity index (χ1n) is 46.0. The largest absolute Gasteiger partial charge is 0.534 e. The zero-order valence-electron chi connectivity index (χ0n) is 75.5. The molecule has 0 atom stereocenters. The molecule has 7 aliphatic heterocycles. The summed E-state index contributed by atoms with van der Waals surface area (Å²) in [6.45, 7) is 16.8. The molecule has 0 saturated carbocycles. The van der Waals surface area contributed by atoms with Gasteiger partial charge in [0.1, 0.15) is 40.6 Å². The number of H-pyrrole nitrogens is 2. The normalized spacial score (nSPS) is 16.6. The predicted molar refractivity (Wildman–Crippen MR) is 518 cm³/mol. The fraction of sp³-hybridized carbons (Fsp3) is 0.318. The molecule has 3 saturated heterocycles. The lowest BCUT2D eigenvalue weighted by molar-refractivity contribution is -0.121. The van der Waals surface area contributed by atoms with Crippen LogP contribution in [0.1, 0.15) is 121 Å². The number of likely N-dealkylation sites (tertiary alicyclic amines) is 2. The van der Waals surface area contributed by atoms with E-state index in [0.29, 0.717) is 85.2 Å². The highest BCUT2D eigenvalue weighted by Gasteiger charge is 2.49. The van der Waals surface area contributed by atoms with Crippen molar-refractivity contribution in [1.29, 1.82) is 0 Å². The lowest BCUT2D eigenvalue weighted by Crippen LogP contribution is -2.41. The summed E-state index contributed by atoms with van der Waals surface area (Å²) >= 11 is 0. The zero-order chi connectivity index (χ0) is 94.9. The van der Waals surface area contributed by atoms with Crippen LogP contribution in [0.2, 0.25) is 0 Å². The van der Waals surface area contributed by atoms with Crippen molar-refractivity contribution >= 4 is 54.4 Å². The lowest BCUT2D eigenvalue weighted by Gasteiger charge is -2.32. The van der Waals surface area contributed by atoms with E-state index >= 15 is 0 Å². The van der Waals surface area contributed by atoms with Crippen LogP contribution in [0.5, 0.6) is 0 Å². The summed E-state index contributed by atoms with van der Waals surface area (Å²) in [7, 11) is -5.56. The molecule has 28 heteroatoms. The van der Waals surface area contributed by atoms with Gasteiger partial charge < -0.3 is 29.7 Å². The molecular weight excluding hydrogens is 1750 g/mol. The fourth-order valence-corrected chi connectivity index (χ4v) is 17.7. The molecule has 7 aliphatic rings. The first-order chi connectivity index (χ1) is 65.4. The minimum atomic E-state index is -5.56. The molecule has 3 fully saturated rings. The van der Waals surface area contributed by atoms with E-state index < -0.39 is 15.6 Å². The molecule has 135 heavy (non-hydrogen) atoms. The molecule has 9 heterocycles. The molecule has 0 amide bonds. The van der Waals surface area contributed by atoms with Crippen LogP contribution in [0.15, 0.2) is 310 Å². The maximum atomic E-state index is 13.1. The predicted octanol–water partition coefficient (Wildman–Crippen LogP) is 18.4. The summed E-state index contributed by atoms with van der Waals surface area (Å²) in [6.07, 6.45) is 16.8. The molecule has 0 radical (unpaired) electrons. The number of aromatic amines is 2. The number of fused-ring (bicyclic) bond motifs is 2. The highest BCUT2D eigenvalue weighted by molar-refractivity contribution is 7.87. The molecule has 708 valence electrons. The fourth-order valence-electron chi connectivity index (χ4n) is 17.2. The Morgan fingerprint density at radius 1 is 0.341 bits per heavy atom. The number of piperidine rings is 3. The highest BCUT2D eigenvalue weighted by atomic mass is 32.2. The molecule has 0 spiro atoms. The van der Waals surface area contributed by atoms with Crippen LogP contribution in [-0.4, -0.2) is 168 Å². The number of carbonyl (C=O) groups excluding carboxylic acids is 1. The lowest BCUT2D eigenvalue weighted by atomic mass is 9.89. The number of hydrogen-bond acceptors (Lipinski definition) is 15. The molecule has 2 aromatic heterocycles. The van der Waals surface area contributed by atoms with E-state index in [9.17, 15) is 67.5 Å². The van der Waals surface area contributed by atoms with Crippen LogP contribution >= 0.6 is 0 Å². The third-order valence-electron chi connectivity index (χ3n) is 24.9. The first kappa shape index (κ1) is 100. The molecule has 0 unspecified atom stereocenters. The minimum Gasteiger partial charge on any atom is -0.381 e. The van der Waals surface area contributed by atoms with Gasteiger partial charge in [-0.25, -0.2) is 31.5 Å². The number of carbonyl (C=O) groups is 1. The second-order valence-electron chi connectivity index (χ2n) is 34.2. The van der Waals surface area contributed by atoms with Gasteiger partial charge in [0.15, 0.2) is 0 Å². The Morgan fingerprint density at radius 3 is 1.10 bits per heavy atom. The van der Waals surface area contributed by atoms with Crippen molar-refractivity contribution in [3.05, 3.63) is 406 Å². The number of Topliss-reactive ketones (excluding diaryl/α,β-unsaturated/α-hetero) is 1. The SMILES string of the molecule is Fc1ccc(C2=CCN(Cc3ccccc3)CC2)cc1.Fc1ccc(C2=CCNCC2)cc1.Fc1ccc(C2CCNCC2)cc1.O=C1CCN(Cc2ccccc2)CC1.O=S(=O)(OC1=CCN(Cc2ccccc2)CC1)C(F)(F)F.O=c1[nH]c2ccccc2c(=O)n1CCN1CC=C(c2ccc(F)cc2)CC1.O=c1[nH]c2ccccc2c(=O)n1CCN1CCC(c2ccc(F)cc2)CC1. The number of hydrogen-bond donors (Lipinski definition) is 4. The average Bonchev–Trinajstić information content (AvgIpc) is 0.795. The quantitative estimate of drug-likeness (QED) is 0.0337. The Labute approximate surface area is 782 Å². The van der Waals surface area contributed by atoms with Gasteiger partial charge in [-0.1, -0.05) is 194 Å². The van der Waals surface area contributed by atoms with Gasteiger partial charge in [0.25, 0.3) is 11.1 Å². The highest BCUT2D eigenvalue weighted by Crippen LogP contribution is 2.32. The van der Waals surface area contributed by atoms with E-state index in [1.165, 1.54) is 116 Å². The summed E-state index contributed by atoms with van der Waals surface area (Å²) in [6, 6.07) is 78.4. The Morgan fingerprint density at radius 2 is 0.704 bits per heavy atom. The summed E-state index contributed by atoms with van der Waals surface area (Å²) in [5, 5.41) is 7.62. The Kier molecular flexibility index (Phi) is 37.3. The van der Waals surface area contributed by atoms with E-state index in [1.54, 1.807) is 72.8 Å². The standard InChI is InChI=1S/C21H22FN3O2.C21H20FN3O2.C18H18FN.C13H14F3NO3S.C12H15NO.C11H14FN.C11H12FN/c2*22-17-7-5-15(6-8-17)16-9-11-24(12-10-16)13-14-25-20(26)18-3-1-2-4-19(18)23-21(25)27;19-18-8-6-16(7-9-18)17-10-12-20(13-11-17)14-15-4-2-1-3-5-15;14-13(15,16)21(18,19)20-12-6-8-17(9-7-12)10-11-4-2-1-3-5-11;14-12-6-8-13(9-7-12)10-11-4-2-1-3-5-11;2*12-11-3-1-9(2-4-11)10-5-7-13-8-6-10/h1-8,16H,9-14H2,(H,23,27);1-9H,10-14H2,(H,23,27);1-10H,11-14H2;1-6H,7-10H2;1-5H,6-10H2;1-4,10,13H,5-8H2;1-5,13H,6-8H2. The third kappa shape index (κ3) is 30.8. The van der Waals surface area contributed by atoms with Crippen molar-refractivity contribution in [3.63, 3.8) is 0 Å². The molecule has 0 aliphatic carbocycles. The molecule has 0 bridgehead atoms. The number of aromatic nitrogens is 4. The van der Waals surface area contributed by atoms with Gasteiger partial charge >= 0.3 is 27.0 Å². The van der Waals surface area contributed by atoms with Crippen molar-refractivity contribution in [2.45, 2.75) is 114 Å². The van der Waals surface area contributed by atoms with Crippen molar-refractivity contribution in [3.8, 4) is 0 Å². The molecule has 12 aromatic rings. The Balaban J connectivity index is 0.000000136. The van der Waals surface area contributed by atoms with Gasteiger partial charge in [0, 0.05) is 124 Å². The van der Waals surface area contributed by atoms with Gasteiger partial charge in [-0.3, -0.25) is 43.1 Å². The van der Waals surface area contributed by atoms with E-state index in [2.05, 4.69) is 111 Å². The van der Waals surface area contributed by atoms with Crippen LogP contribution in [0, 0.1) is 29.1 Å². The Hall–Kier alpha value is -12.4. The maximum Gasteiger partial charge on any atom is 0.534 e. The van der Waals surface area contributed by atoms with E-state index in [-0.39, 0.29) is 63.8 Å². The average molecular weight is 1870 g/mol. The monoisotopic (exact) mass is 1870 g/mol. The number of nitrogens with one attached hydrogen (secondary N) is 4. The Bertz CT molecular complexity index is 6300. The number of rotatable bonds is 19. The smallest absolute Gasteiger partial charge is 0.381 e. The van der Waals surface area contributed by atoms with Crippen molar-refractivity contribution in [2.75, 3.05) is 105 Å². The van der Waals surface area contributed by atoms with E-state index in [4.69, 9.17) is 0 Å². The summed E-state index contributed by atoms with van der Waals surface area (Å²) < 4.78 is 129. The molecular formula is C107H115F8N11O8S. The number of alkyl halides is 3. The van der Waals surface area contributed by atoms with Gasteiger partial charge in [0.2, 0.25) is 0 Å². The summed E-state index contributed by atoms with van der Waals surface area (Å²) in [5.74, 6) is 0.401. The van der Waals surface area contributed by atoms with Crippen molar-refractivity contribution in [2.24, 2.45) is 0 Å². The maximum absolute atomic E-state index is 13.1. The van der Waals surface area contributed by atoms with Crippen molar-refractivity contribution < 1.29 is 52.5 Å². The number of halogens is 8. The molecule has 4 N–H and O–H groups in total. The second-order valence-corrected chi connectivity index (χ2v) is 35.8.